The van der Waals surface area contributed by atoms with Gasteiger partial charge in [-0.1, -0.05) is 56.4 Å². The second kappa shape index (κ2) is 7.58. The number of fused-ring (bicyclic) bond motifs is 1. The van der Waals surface area contributed by atoms with Crippen LogP contribution in [-0.4, -0.2) is 45.8 Å². The lowest BCUT2D eigenvalue weighted by Gasteiger charge is -2.27. The Labute approximate surface area is 164 Å². The molecule has 1 saturated heterocycles. The first-order valence-electron chi connectivity index (χ1n) is 9.46. The second-order valence-corrected chi connectivity index (χ2v) is 8.98. The van der Waals surface area contributed by atoms with Gasteiger partial charge in [0.15, 0.2) is 0 Å². The van der Waals surface area contributed by atoms with Crippen molar-refractivity contribution >= 4 is 21.4 Å². The fourth-order valence-electron chi connectivity index (χ4n) is 3.19. The average molecular weight is 386 g/mol. The van der Waals surface area contributed by atoms with Gasteiger partial charge >= 0.3 is 0 Å². The van der Waals surface area contributed by atoms with Crippen molar-refractivity contribution < 1.29 is 4.74 Å². The minimum Gasteiger partial charge on any atom is -0.379 e. The van der Waals surface area contributed by atoms with E-state index in [0.29, 0.717) is 0 Å². The lowest BCUT2D eigenvalue weighted by atomic mass is 9.93. The standard InChI is InChI=1S/C20H27N5OS/c1-20(2,3)17-14-25-19(22-17)27-18(23-25)21-12-15-6-4-5-7-16(15)13-24-8-10-26-11-9-24/h4-7,14H,8-13H2,1-3H3,(H,21,23). The quantitative estimate of drug-likeness (QED) is 0.728. The van der Waals surface area contributed by atoms with Crippen LogP contribution in [0.15, 0.2) is 30.5 Å². The summed E-state index contributed by atoms with van der Waals surface area (Å²) in [6.45, 7) is 11.9. The van der Waals surface area contributed by atoms with Crippen LogP contribution in [-0.2, 0) is 23.2 Å². The van der Waals surface area contributed by atoms with Crippen LogP contribution in [0.4, 0.5) is 5.13 Å². The van der Waals surface area contributed by atoms with Gasteiger partial charge in [-0.05, 0) is 11.1 Å². The largest absolute Gasteiger partial charge is 0.379 e. The van der Waals surface area contributed by atoms with Gasteiger partial charge in [-0.3, -0.25) is 4.90 Å². The molecule has 0 bridgehead atoms. The fraction of sp³-hybridized carbons (Fsp3) is 0.500. The van der Waals surface area contributed by atoms with E-state index in [4.69, 9.17) is 9.72 Å². The van der Waals surface area contributed by atoms with Gasteiger partial charge in [-0.25, -0.2) is 9.50 Å². The van der Waals surface area contributed by atoms with Gasteiger partial charge < -0.3 is 10.1 Å². The minimum absolute atomic E-state index is 0.0411. The van der Waals surface area contributed by atoms with Crippen molar-refractivity contribution in [3.05, 3.63) is 47.3 Å². The number of nitrogens with one attached hydrogen (secondary N) is 1. The van der Waals surface area contributed by atoms with Crippen molar-refractivity contribution in [2.45, 2.75) is 39.3 Å². The molecule has 0 radical (unpaired) electrons. The van der Waals surface area contributed by atoms with Crippen LogP contribution >= 0.6 is 11.3 Å². The molecular weight excluding hydrogens is 358 g/mol. The van der Waals surface area contributed by atoms with E-state index in [1.54, 1.807) is 11.3 Å². The van der Waals surface area contributed by atoms with Gasteiger partial charge in [-0.15, -0.1) is 5.10 Å². The van der Waals surface area contributed by atoms with E-state index in [9.17, 15) is 0 Å². The van der Waals surface area contributed by atoms with Crippen LogP contribution in [0.1, 0.15) is 37.6 Å². The average Bonchev–Trinajstić information content (AvgIpc) is 3.20. The van der Waals surface area contributed by atoms with E-state index in [0.717, 1.165) is 55.2 Å². The molecule has 4 rings (SSSR count). The van der Waals surface area contributed by atoms with Crippen LogP contribution in [0.2, 0.25) is 0 Å². The lowest BCUT2D eigenvalue weighted by molar-refractivity contribution is 0.0341. The van der Waals surface area contributed by atoms with Gasteiger partial charge in [0.2, 0.25) is 10.1 Å². The summed E-state index contributed by atoms with van der Waals surface area (Å²) in [5.41, 5.74) is 3.79. The topological polar surface area (TPSA) is 54.7 Å². The van der Waals surface area contributed by atoms with Gasteiger partial charge in [0, 0.05) is 31.6 Å². The van der Waals surface area contributed by atoms with Gasteiger partial charge in [0.25, 0.3) is 0 Å². The lowest BCUT2D eigenvalue weighted by Crippen LogP contribution is -2.35. The number of imidazole rings is 1. The Morgan fingerprint density at radius 1 is 1.15 bits per heavy atom. The van der Waals surface area contributed by atoms with Crippen molar-refractivity contribution in [2.75, 3.05) is 31.6 Å². The van der Waals surface area contributed by atoms with E-state index in [-0.39, 0.29) is 5.41 Å². The van der Waals surface area contributed by atoms with Crippen LogP contribution in [0.5, 0.6) is 0 Å². The summed E-state index contributed by atoms with van der Waals surface area (Å²) in [5, 5.41) is 9.02. The predicted molar refractivity (Wildman–Crippen MR) is 109 cm³/mol. The first kappa shape index (κ1) is 18.4. The monoisotopic (exact) mass is 385 g/mol. The molecule has 0 aliphatic carbocycles. The third-order valence-electron chi connectivity index (χ3n) is 4.86. The molecule has 0 spiro atoms. The third kappa shape index (κ3) is 4.31. The van der Waals surface area contributed by atoms with Gasteiger partial charge in [0.1, 0.15) is 0 Å². The number of benzene rings is 1. The van der Waals surface area contributed by atoms with Gasteiger partial charge in [0.05, 0.1) is 25.1 Å². The number of nitrogens with zero attached hydrogens (tertiary/aromatic N) is 4. The zero-order chi connectivity index (χ0) is 18.9. The predicted octanol–water partition coefficient (Wildman–Crippen LogP) is 3.53. The molecule has 0 amide bonds. The molecule has 1 fully saturated rings. The zero-order valence-electron chi connectivity index (χ0n) is 16.2. The number of hydrogen-bond acceptors (Lipinski definition) is 6. The molecule has 3 heterocycles. The molecule has 1 aromatic carbocycles. The molecule has 3 aromatic rings. The maximum Gasteiger partial charge on any atom is 0.214 e. The van der Waals surface area contributed by atoms with E-state index in [1.807, 2.05) is 10.7 Å². The number of rotatable bonds is 5. The summed E-state index contributed by atoms with van der Waals surface area (Å²) in [6, 6.07) is 8.63. The maximum absolute atomic E-state index is 5.45. The molecule has 0 saturated carbocycles. The van der Waals surface area contributed by atoms with E-state index >= 15 is 0 Å². The molecule has 144 valence electrons. The summed E-state index contributed by atoms with van der Waals surface area (Å²) in [6.07, 6.45) is 2.03. The molecule has 2 aromatic heterocycles. The number of hydrogen-bond donors (Lipinski definition) is 1. The molecule has 1 N–H and O–H groups in total. The highest BCUT2D eigenvalue weighted by molar-refractivity contribution is 7.20. The summed E-state index contributed by atoms with van der Waals surface area (Å²) >= 11 is 1.60. The SMILES string of the molecule is CC(C)(C)c1cn2nc(NCc3ccccc3CN3CCOCC3)sc2n1. The highest BCUT2D eigenvalue weighted by Crippen LogP contribution is 2.26. The van der Waals surface area contributed by atoms with Crippen molar-refractivity contribution in [1.82, 2.24) is 19.5 Å². The summed E-state index contributed by atoms with van der Waals surface area (Å²) in [7, 11) is 0. The van der Waals surface area contributed by atoms with Crippen LogP contribution in [0, 0.1) is 0 Å². The Morgan fingerprint density at radius 3 is 2.59 bits per heavy atom. The van der Waals surface area contributed by atoms with Crippen LogP contribution in [0.25, 0.3) is 4.96 Å². The minimum atomic E-state index is 0.0411. The molecule has 0 atom stereocenters. The van der Waals surface area contributed by atoms with Crippen molar-refractivity contribution in [3.8, 4) is 0 Å². The van der Waals surface area contributed by atoms with Crippen LogP contribution in [0.3, 0.4) is 0 Å². The second-order valence-electron chi connectivity index (χ2n) is 8.02. The number of ether oxygens (including phenoxy) is 1. The Hall–Kier alpha value is -1.96. The van der Waals surface area contributed by atoms with Gasteiger partial charge in [-0.2, -0.15) is 0 Å². The molecule has 27 heavy (non-hydrogen) atoms. The smallest absolute Gasteiger partial charge is 0.214 e. The molecule has 7 heteroatoms. The van der Waals surface area contributed by atoms with Crippen LogP contribution < -0.4 is 5.32 Å². The van der Waals surface area contributed by atoms with E-state index < -0.39 is 0 Å². The number of anilines is 1. The Balaban J connectivity index is 1.44. The summed E-state index contributed by atoms with van der Waals surface area (Å²) < 4.78 is 7.34. The first-order chi connectivity index (χ1) is 13.0. The summed E-state index contributed by atoms with van der Waals surface area (Å²) in [4.78, 5) is 8.10. The van der Waals surface area contributed by atoms with Crippen molar-refractivity contribution in [1.29, 1.82) is 0 Å². The zero-order valence-corrected chi connectivity index (χ0v) is 17.1. The molecule has 1 aliphatic heterocycles. The molecular formula is C20H27N5OS. The van der Waals surface area contributed by atoms with E-state index in [2.05, 4.69) is 60.4 Å². The first-order valence-corrected chi connectivity index (χ1v) is 10.3. The number of aromatic nitrogens is 3. The number of morpholine rings is 1. The van der Waals surface area contributed by atoms with Crippen molar-refractivity contribution in [3.63, 3.8) is 0 Å². The normalized spacial score (nSPS) is 16.1. The molecule has 6 nitrogen and oxygen atoms in total. The molecule has 1 aliphatic rings. The highest BCUT2D eigenvalue weighted by Gasteiger charge is 2.19. The van der Waals surface area contributed by atoms with Crippen molar-refractivity contribution in [2.24, 2.45) is 0 Å². The maximum atomic E-state index is 5.45. The highest BCUT2D eigenvalue weighted by atomic mass is 32.1. The Bertz CT molecular complexity index is 873. The van der Waals surface area contributed by atoms with E-state index in [1.165, 1.54) is 11.1 Å². The fourth-order valence-corrected chi connectivity index (χ4v) is 3.97. The third-order valence-corrected chi connectivity index (χ3v) is 5.74. The molecule has 0 unspecified atom stereocenters. The summed E-state index contributed by atoms with van der Waals surface area (Å²) in [5.74, 6) is 0. The Morgan fingerprint density at radius 2 is 1.89 bits per heavy atom. The Kier molecular flexibility index (Phi) is 5.16.